The lowest BCUT2D eigenvalue weighted by Gasteiger charge is -2.38. The summed E-state index contributed by atoms with van der Waals surface area (Å²) in [6, 6.07) is 10.5. The molecule has 4 heteroatoms. The average Bonchev–Trinajstić information content (AvgIpc) is 2.84. The molecule has 0 N–H and O–H groups in total. The number of nitrogens with zero attached hydrogens (tertiary/aromatic N) is 2. The van der Waals surface area contributed by atoms with Crippen molar-refractivity contribution in [1.29, 1.82) is 0 Å². The van der Waals surface area contributed by atoms with Crippen molar-refractivity contribution >= 4 is 11.8 Å². The van der Waals surface area contributed by atoms with Crippen molar-refractivity contribution in [2.24, 2.45) is 0 Å². The molecule has 94 valence electrons. The summed E-state index contributed by atoms with van der Waals surface area (Å²) in [6.07, 6.45) is 4.06. The van der Waals surface area contributed by atoms with Gasteiger partial charge in [0.05, 0.1) is 19.4 Å². The Kier molecular flexibility index (Phi) is 3.14. The van der Waals surface area contributed by atoms with Gasteiger partial charge in [-0.2, -0.15) is 5.10 Å². The Balaban J connectivity index is 1.64. The summed E-state index contributed by atoms with van der Waals surface area (Å²) >= 11 is 1.82. The maximum absolute atomic E-state index is 5.26. The molecule has 0 atom stereocenters. The van der Waals surface area contributed by atoms with Gasteiger partial charge in [-0.3, -0.25) is 4.68 Å². The summed E-state index contributed by atoms with van der Waals surface area (Å²) in [5.74, 6) is 0.986. The Bertz CT molecular complexity index is 520. The minimum Gasteiger partial charge on any atom is -0.376 e. The van der Waals surface area contributed by atoms with Crippen LogP contribution in [0.25, 0.3) is 0 Å². The third kappa shape index (κ3) is 2.31. The second-order valence-corrected chi connectivity index (χ2v) is 5.93. The lowest BCUT2D eigenvalue weighted by atomic mass is 10.0. The number of thioether (sulfide) groups is 1. The van der Waals surface area contributed by atoms with Crippen LogP contribution in [0.1, 0.15) is 12.5 Å². The first-order chi connectivity index (χ1) is 8.76. The van der Waals surface area contributed by atoms with E-state index in [2.05, 4.69) is 42.5 Å². The van der Waals surface area contributed by atoms with Crippen LogP contribution in [-0.2, 0) is 16.0 Å². The standard InChI is InChI=1S/C14H16N2OS/c1-14(10-17-11-14)16-8-13(7-15-16)18-9-12-5-3-2-4-6-12/h2-8H,9-11H2,1H3. The highest BCUT2D eigenvalue weighted by atomic mass is 32.2. The summed E-state index contributed by atoms with van der Waals surface area (Å²) in [7, 11) is 0. The molecule has 1 aliphatic heterocycles. The third-order valence-corrected chi connectivity index (χ3v) is 4.21. The predicted molar refractivity (Wildman–Crippen MR) is 72.7 cm³/mol. The minimum atomic E-state index is 0.0611. The zero-order valence-electron chi connectivity index (χ0n) is 10.4. The number of rotatable bonds is 4. The number of ether oxygens (including phenoxy) is 1. The van der Waals surface area contributed by atoms with Gasteiger partial charge in [-0.25, -0.2) is 0 Å². The SMILES string of the molecule is CC1(n2cc(SCc3ccccc3)cn2)COC1. The highest BCUT2D eigenvalue weighted by Gasteiger charge is 2.36. The lowest BCUT2D eigenvalue weighted by molar-refractivity contribution is -0.0959. The average molecular weight is 260 g/mol. The fourth-order valence-corrected chi connectivity index (χ4v) is 2.77. The van der Waals surface area contributed by atoms with Crippen molar-refractivity contribution in [3.05, 3.63) is 48.3 Å². The van der Waals surface area contributed by atoms with Gasteiger partial charge in [0, 0.05) is 16.8 Å². The van der Waals surface area contributed by atoms with Gasteiger partial charge in [-0.15, -0.1) is 11.8 Å². The molecule has 0 amide bonds. The highest BCUT2D eigenvalue weighted by Crippen LogP contribution is 2.28. The monoisotopic (exact) mass is 260 g/mol. The first-order valence-corrected chi connectivity index (χ1v) is 7.04. The Morgan fingerprint density at radius 3 is 2.78 bits per heavy atom. The Labute approximate surface area is 111 Å². The highest BCUT2D eigenvalue weighted by molar-refractivity contribution is 7.98. The van der Waals surface area contributed by atoms with Gasteiger partial charge in [0.2, 0.25) is 0 Å². The number of hydrogen-bond acceptors (Lipinski definition) is 3. The quantitative estimate of drug-likeness (QED) is 0.791. The predicted octanol–water partition coefficient (Wildman–Crippen LogP) is 2.92. The van der Waals surface area contributed by atoms with E-state index in [1.807, 2.05) is 28.7 Å². The van der Waals surface area contributed by atoms with Gasteiger partial charge >= 0.3 is 0 Å². The number of aromatic nitrogens is 2. The molecular formula is C14H16N2OS. The van der Waals surface area contributed by atoms with Crippen LogP contribution < -0.4 is 0 Å². The summed E-state index contributed by atoms with van der Waals surface area (Å²) in [5.41, 5.74) is 1.40. The van der Waals surface area contributed by atoms with E-state index < -0.39 is 0 Å². The van der Waals surface area contributed by atoms with E-state index in [4.69, 9.17) is 4.74 Å². The maximum atomic E-state index is 5.26. The van der Waals surface area contributed by atoms with Crippen LogP contribution in [0.2, 0.25) is 0 Å². The van der Waals surface area contributed by atoms with Crippen molar-refractivity contribution < 1.29 is 4.74 Å². The van der Waals surface area contributed by atoms with Crippen LogP contribution in [0.3, 0.4) is 0 Å². The zero-order valence-corrected chi connectivity index (χ0v) is 11.2. The number of benzene rings is 1. The maximum Gasteiger partial charge on any atom is 0.106 e. The molecule has 3 nitrogen and oxygen atoms in total. The molecule has 0 saturated carbocycles. The van der Waals surface area contributed by atoms with Crippen molar-refractivity contribution in [2.45, 2.75) is 23.1 Å². The topological polar surface area (TPSA) is 27.1 Å². The van der Waals surface area contributed by atoms with E-state index in [-0.39, 0.29) is 5.54 Å². The molecule has 2 aromatic rings. The van der Waals surface area contributed by atoms with Crippen LogP contribution in [0, 0.1) is 0 Å². The van der Waals surface area contributed by atoms with Crippen LogP contribution in [0.5, 0.6) is 0 Å². The van der Waals surface area contributed by atoms with Crippen molar-refractivity contribution in [1.82, 2.24) is 9.78 Å². The van der Waals surface area contributed by atoms with Crippen LogP contribution in [-0.4, -0.2) is 23.0 Å². The molecule has 1 aromatic carbocycles. The normalized spacial score (nSPS) is 17.4. The van der Waals surface area contributed by atoms with Crippen molar-refractivity contribution in [2.75, 3.05) is 13.2 Å². The summed E-state index contributed by atoms with van der Waals surface area (Å²) in [6.45, 7) is 3.70. The largest absolute Gasteiger partial charge is 0.376 e. The van der Waals surface area contributed by atoms with E-state index in [0.29, 0.717) is 0 Å². The molecule has 1 fully saturated rings. The van der Waals surface area contributed by atoms with E-state index in [9.17, 15) is 0 Å². The summed E-state index contributed by atoms with van der Waals surface area (Å²) in [5, 5.41) is 4.44. The van der Waals surface area contributed by atoms with Crippen LogP contribution in [0.4, 0.5) is 0 Å². The van der Waals surface area contributed by atoms with E-state index in [1.165, 1.54) is 10.5 Å². The van der Waals surface area contributed by atoms with Crippen LogP contribution >= 0.6 is 11.8 Å². The van der Waals surface area contributed by atoms with Gasteiger partial charge in [-0.05, 0) is 12.5 Å². The number of hydrogen-bond donors (Lipinski definition) is 0. The van der Waals surface area contributed by atoms with Crippen LogP contribution in [0.15, 0.2) is 47.6 Å². The molecule has 1 saturated heterocycles. The first-order valence-electron chi connectivity index (χ1n) is 6.06. The lowest BCUT2D eigenvalue weighted by Crippen LogP contribution is -2.49. The fraction of sp³-hybridized carbons (Fsp3) is 0.357. The van der Waals surface area contributed by atoms with E-state index >= 15 is 0 Å². The molecule has 2 heterocycles. The van der Waals surface area contributed by atoms with Gasteiger partial charge in [-0.1, -0.05) is 30.3 Å². The van der Waals surface area contributed by atoms with Gasteiger partial charge in [0.25, 0.3) is 0 Å². The van der Waals surface area contributed by atoms with E-state index in [1.54, 1.807) is 0 Å². The molecule has 18 heavy (non-hydrogen) atoms. The molecule has 0 aliphatic carbocycles. The molecule has 1 aromatic heterocycles. The molecule has 0 bridgehead atoms. The third-order valence-electron chi connectivity index (χ3n) is 3.19. The Morgan fingerprint density at radius 1 is 1.33 bits per heavy atom. The smallest absolute Gasteiger partial charge is 0.106 e. The van der Waals surface area contributed by atoms with Gasteiger partial charge in [0.1, 0.15) is 5.54 Å². The molecule has 3 rings (SSSR count). The molecule has 0 radical (unpaired) electrons. The second-order valence-electron chi connectivity index (χ2n) is 4.88. The fourth-order valence-electron chi connectivity index (χ4n) is 1.95. The zero-order chi connectivity index (χ0) is 12.4. The Morgan fingerprint density at radius 2 is 2.11 bits per heavy atom. The Hall–Kier alpha value is -1.26. The summed E-state index contributed by atoms with van der Waals surface area (Å²) in [4.78, 5) is 1.21. The molecule has 0 spiro atoms. The van der Waals surface area contributed by atoms with Gasteiger partial charge in [0.15, 0.2) is 0 Å². The minimum absolute atomic E-state index is 0.0611. The first kappa shape index (κ1) is 11.8. The van der Waals surface area contributed by atoms with Crippen molar-refractivity contribution in [3.63, 3.8) is 0 Å². The second kappa shape index (κ2) is 4.78. The van der Waals surface area contributed by atoms with Gasteiger partial charge < -0.3 is 4.74 Å². The summed E-state index contributed by atoms with van der Waals surface area (Å²) < 4.78 is 7.29. The molecular weight excluding hydrogens is 244 g/mol. The molecule has 0 unspecified atom stereocenters. The van der Waals surface area contributed by atoms with Crippen molar-refractivity contribution in [3.8, 4) is 0 Å². The van der Waals surface area contributed by atoms with E-state index in [0.717, 1.165) is 19.0 Å². The molecule has 1 aliphatic rings.